The molecule has 0 spiro atoms. The van der Waals surface area contributed by atoms with Crippen LogP contribution in [0.5, 0.6) is 5.75 Å². The van der Waals surface area contributed by atoms with Gasteiger partial charge in [0.25, 0.3) is 0 Å². The molecule has 0 atom stereocenters. The van der Waals surface area contributed by atoms with Crippen molar-refractivity contribution in [3.8, 4) is 5.75 Å². The van der Waals surface area contributed by atoms with E-state index in [1.165, 1.54) is 10.6 Å². The zero-order valence-electron chi connectivity index (χ0n) is 14.2. The van der Waals surface area contributed by atoms with Crippen LogP contribution in [0.1, 0.15) is 5.56 Å². The molecule has 0 unspecified atom stereocenters. The third-order valence-electron chi connectivity index (χ3n) is 3.31. The second kappa shape index (κ2) is 9.87. The lowest BCUT2D eigenvalue weighted by molar-refractivity contribution is 0.386. The third-order valence-corrected chi connectivity index (χ3v) is 4.56. The molecule has 3 rings (SSSR count). The molecule has 0 aromatic heterocycles. The molecule has 3 aromatic rings. The molecule has 124 valence electrons. The van der Waals surface area contributed by atoms with Crippen LogP contribution in [0.3, 0.4) is 0 Å². The first kappa shape index (κ1) is 18.2. The van der Waals surface area contributed by atoms with Crippen molar-refractivity contribution in [2.45, 2.75) is 6.54 Å². The Morgan fingerprint density at radius 1 is 0.708 bits per heavy atom. The lowest BCUT2D eigenvalue weighted by Crippen LogP contribution is -2.10. The Bertz CT molecular complexity index is 677. The molecule has 3 aromatic carbocycles. The van der Waals surface area contributed by atoms with Crippen molar-refractivity contribution in [3.05, 3.63) is 90.5 Å². The van der Waals surface area contributed by atoms with E-state index in [-0.39, 0.29) is 0 Å². The number of nitrogens with zero attached hydrogens (tertiary/aromatic N) is 1. The largest absolute Gasteiger partial charge is 0.508 e. The van der Waals surface area contributed by atoms with Crippen molar-refractivity contribution < 1.29 is 5.11 Å². The normalized spacial score (nSPS) is 10.1. The summed E-state index contributed by atoms with van der Waals surface area (Å²) >= 11 is 0. The number of hydrogen-bond acceptors (Lipinski definition) is 2. The van der Waals surface area contributed by atoms with E-state index in [2.05, 4.69) is 60.7 Å². The minimum absolute atomic E-state index is 0.376. The molecule has 0 saturated carbocycles. The molecular weight excluding hydrogens is 313 g/mol. The molecule has 0 aliphatic heterocycles. The fraction of sp³-hybridized carbons (Fsp3) is 0.143. The summed E-state index contributed by atoms with van der Waals surface area (Å²) in [4.78, 5) is 2.02. The summed E-state index contributed by atoms with van der Waals surface area (Å²) in [7, 11) is 4.73. The van der Waals surface area contributed by atoms with E-state index >= 15 is 0 Å². The van der Waals surface area contributed by atoms with Gasteiger partial charge in [-0.2, -0.15) is 0 Å². The molecule has 3 heteroatoms. The van der Waals surface area contributed by atoms with Crippen LogP contribution in [0.15, 0.2) is 84.9 Å². The SMILES string of the molecule is CN(C)Cc1ccccc1O.c1ccc(Pc2ccccc2)cc1. The maximum absolute atomic E-state index is 9.33. The quantitative estimate of drug-likeness (QED) is 0.733. The molecule has 0 aliphatic rings. The lowest BCUT2D eigenvalue weighted by atomic mass is 10.2. The van der Waals surface area contributed by atoms with Crippen LogP contribution in [-0.4, -0.2) is 24.1 Å². The van der Waals surface area contributed by atoms with Gasteiger partial charge in [-0.3, -0.25) is 0 Å². The van der Waals surface area contributed by atoms with Crippen LogP contribution in [0.2, 0.25) is 0 Å². The fourth-order valence-electron chi connectivity index (χ4n) is 2.19. The summed E-state index contributed by atoms with van der Waals surface area (Å²) in [5.41, 5.74) is 0.970. The number of benzene rings is 3. The van der Waals surface area contributed by atoms with Crippen LogP contribution < -0.4 is 10.6 Å². The van der Waals surface area contributed by atoms with Crippen molar-refractivity contribution in [1.29, 1.82) is 0 Å². The van der Waals surface area contributed by atoms with Gasteiger partial charge in [-0.05, 0) is 30.8 Å². The molecule has 0 heterocycles. The van der Waals surface area contributed by atoms with Gasteiger partial charge in [0, 0.05) is 12.1 Å². The monoisotopic (exact) mass is 337 g/mol. The van der Waals surface area contributed by atoms with Crippen molar-refractivity contribution in [1.82, 2.24) is 4.90 Å². The van der Waals surface area contributed by atoms with Crippen molar-refractivity contribution in [3.63, 3.8) is 0 Å². The highest BCUT2D eigenvalue weighted by molar-refractivity contribution is 7.55. The van der Waals surface area contributed by atoms with Crippen molar-refractivity contribution in [2.24, 2.45) is 0 Å². The summed E-state index contributed by atoms with van der Waals surface area (Å²) in [5.74, 6) is 0.376. The zero-order chi connectivity index (χ0) is 17.2. The Kier molecular flexibility index (Phi) is 7.48. The van der Waals surface area contributed by atoms with Gasteiger partial charge in [0.2, 0.25) is 0 Å². The molecule has 0 bridgehead atoms. The van der Waals surface area contributed by atoms with Crippen molar-refractivity contribution in [2.75, 3.05) is 14.1 Å². The van der Waals surface area contributed by atoms with Crippen LogP contribution in [0, 0.1) is 0 Å². The number of para-hydroxylation sites is 1. The number of phenolic OH excluding ortho intramolecular Hbond substituents is 1. The summed E-state index contributed by atoms with van der Waals surface area (Å²) in [6.45, 7) is 0.784. The maximum Gasteiger partial charge on any atom is 0.120 e. The summed E-state index contributed by atoms with van der Waals surface area (Å²) in [6.07, 6.45) is 0. The van der Waals surface area contributed by atoms with Gasteiger partial charge in [-0.25, -0.2) is 0 Å². The van der Waals surface area contributed by atoms with Crippen molar-refractivity contribution >= 4 is 19.2 Å². The summed E-state index contributed by atoms with van der Waals surface area (Å²) in [6, 6.07) is 28.5. The van der Waals surface area contributed by atoms with E-state index < -0.39 is 0 Å². The van der Waals surface area contributed by atoms with Gasteiger partial charge in [0.1, 0.15) is 5.75 Å². The van der Waals surface area contributed by atoms with Gasteiger partial charge < -0.3 is 10.0 Å². The Morgan fingerprint density at radius 3 is 1.62 bits per heavy atom. The van der Waals surface area contributed by atoms with Gasteiger partial charge in [-0.1, -0.05) is 87.4 Å². The molecule has 0 aliphatic carbocycles. The molecule has 0 radical (unpaired) electrons. The highest BCUT2D eigenvalue weighted by Gasteiger charge is 1.99. The van der Waals surface area contributed by atoms with Gasteiger partial charge in [-0.15, -0.1) is 0 Å². The minimum Gasteiger partial charge on any atom is -0.508 e. The van der Waals surface area contributed by atoms with Crippen LogP contribution in [0.25, 0.3) is 0 Å². The molecular formula is C21H24NOP. The first-order valence-electron chi connectivity index (χ1n) is 7.94. The van der Waals surface area contributed by atoms with Crippen LogP contribution in [0.4, 0.5) is 0 Å². The summed E-state index contributed by atoms with van der Waals surface area (Å²) < 4.78 is 0. The topological polar surface area (TPSA) is 23.5 Å². The second-order valence-corrected chi connectivity index (χ2v) is 7.13. The number of hydrogen-bond donors (Lipinski definition) is 1. The van der Waals surface area contributed by atoms with Crippen LogP contribution >= 0.6 is 8.58 Å². The summed E-state index contributed by atoms with van der Waals surface area (Å²) in [5, 5.41) is 12.1. The predicted octanol–water partition coefficient (Wildman–Crippen LogP) is 3.77. The van der Waals surface area contributed by atoms with E-state index in [0.29, 0.717) is 5.75 Å². The molecule has 0 amide bonds. The van der Waals surface area contributed by atoms with E-state index in [1.807, 2.05) is 37.2 Å². The number of aromatic hydroxyl groups is 1. The zero-order valence-corrected chi connectivity index (χ0v) is 15.2. The Balaban J connectivity index is 0.000000177. The predicted molar refractivity (Wildman–Crippen MR) is 106 cm³/mol. The average molecular weight is 337 g/mol. The van der Waals surface area contributed by atoms with E-state index in [4.69, 9.17) is 0 Å². The maximum atomic E-state index is 9.33. The van der Waals surface area contributed by atoms with Gasteiger partial charge >= 0.3 is 0 Å². The van der Waals surface area contributed by atoms with E-state index in [0.717, 1.165) is 20.7 Å². The minimum atomic E-state index is 0.376. The fourth-order valence-corrected chi connectivity index (χ4v) is 3.25. The van der Waals surface area contributed by atoms with Gasteiger partial charge in [0.05, 0.1) is 0 Å². The Hall–Kier alpha value is -2.15. The Labute approximate surface area is 146 Å². The second-order valence-electron chi connectivity index (χ2n) is 5.72. The highest BCUT2D eigenvalue weighted by Crippen LogP contribution is 2.16. The molecule has 0 fully saturated rings. The first-order chi connectivity index (χ1) is 11.6. The number of phenols is 1. The highest BCUT2D eigenvalue weighted by atomic mass is 31.1. The van der Waals surface area contributed by atoms with Crippen LogP contribution in [-0.2, 0) is 6.54 Å². The molecule has 1 N–H and O–H groups in total. The first-order valence-corrected chi connectivity index (χ1v) is 8.94. The standard InChI is InChI=1S/C12H11P.C9H13NO/c1-3-7-11(8-4-1)13-12-9-5-2-6-10-12;1-10(2)7-8-5-3-4-6-9(8)11/h1-10,13H;3-6,11H,7H2,1-2H3. The third kappa shape index (κ3) is 6.54. The molecule has 0 saturated heterocycles. The van der Waals surface area contributed by atoms with E-state index in [9.17, 15) is 5.11 Å². The average Bonchev–Trinajstić information content (AvgIpc) is 2.59. The lowest BCUT2D eigenvalue weighted by Gasteiger charge is -2.10. The smallest absolute Gasteiger partial charge is 0.120 e. The number of rotatable bonds is 4. The molecule has 2 nitrogen and oxygen atoms in total. The van der Waals surface area contributed by atoms with Gasteiger partial charge in [0.15, 0.2) is 0 Å². The van der Waals surface area contributed by atoms with E-state index in [1.54, 1.807) is 6.07 Å². The molecule has 24 heavy (non-hydrogen) atoms. The Morgan fingerprint density at radius 2 is 1.17 bits per heavy atom.